The summed E-state index contributed by atoms with van der Waals surface area (Å²) in [6.07, 6.45) is 5.29. The van der Waals surface area contributed by atoms with Crippen molar-refractivity contribution in [3.63, 3.8) is 0 Å². The Morgan fingerprint density at radius 2 is 2.20 bits per heavy atom. The summed E-state index contributed by atoms with van der Waals surface area (Å²) < 4.78 is 2.02. The average molecular weight is 208 g/mol. The van der Waals surface area contributed by atoms with Crippen LogP contribution in [0.4, 0.5) is 0 Å². The van der Waals surface area contributed by atoms with E-state index in [-0.39, 0.29) is 0 Å². The van der Waals surface area contributed by atoms with Crippen molar-refractivity contribution in [3.05, 3.63) is 12.2 Å². The Kier molecular flexibility index (Phi) is 3.05. The van der Waals surface area contributed by atoms with Crippen LogP contribution >= 0.6 is 0 Å². The highest BCUT2D eigenvalue weighted by atomic mass is 15.3. The smallest absolute Gasteiger partial charge is 0.138 e. The molecule has 1 fully saturated rings. The number of aromatic nitrogens is 3. The fraction of sp³-hybridized carbons (Fsp3) is 0.818. The average Bonchev–Trinajstić information content (AvgIpc) is 2.61. The number of nitrogens with two attached hydrogens (primary N) is 1. The van der Waals surface area contributed by atoms with E-state index in [1.165, 1.54) is 12.8 Å². The molecular formula is C11H20N4. The zero-order valence-electron chi connectivity index (χ0n) is 9.56. The number of rotatable bonds is 4. The van der Waals surface area contributed by atoms with Gasteiger partial charge in [-0.2, -0.15) is 5.10 Å². The van der Waals surface area contributed by atoms with Crippen molar-refractivity contribution in [2.24, 2.45) is 17.6 Å². The van der Waals surface area contributed by atoms with Crippen LogP contribution in [0.15, 0.2) is 6.33 Å². The van der Waals surface area contributed by atoms with E-state index in [9.17, 15) is 0 Å². The quantitative estimate of drug-likeness (QED) is 0.813. The van der Waals surface area contributed by atoms with Crippen LogP contribution in [0.1, 0.15) is 38.6 Å². The van der Waals surface area contributed by atoms with E-state index in [2.05, 4.69) is 23.9 Å². The predicted molar refractivity (Wildman–Crippen MR) is 59.4 cm³/mol. The highest BCUT2D eigenvalue weighted by molar-refractivity contribution is 4.94. The summed E-state index contributed by atoms with van der Waals surface area (Å²) >= 11 is 0. The molecule has 1 heterocycles. The van der Waals surface area contributed by atoms with Gasteiger partial charge in [-0.05, 0) is 45.1 Å². The van der Waals surface area contributed by atoms with Crippen molar-refractivity contribution < 1.29 is 0 Å². The lowest BCUT2D eigenvalue weighted by molar-refractivity contribution is 0.177. The molecule has 2 rings (SSSR count). The Labute approximate surface area is 90.9 Å². The van der Waals surface area contributed by atoms with Gasteiger partial charge in [0.25, 0.3) is 0 Å². The molecule has 0 radical (unpaired) electrons. The summed E-state index contributed by atoms with van der Waals surface area (Å²) in [6, 6.07) is 0.402. The summed E-state index contributed by atoms with van der Waals surface area (Å²) in [7, 11) is 0. The van der Waals surface area contributed by atoms with Gasteiger partial charge in [0, 0.05) is 12.5 Å². The van der Waals surface area contributed by atoms with Crippen molar-refractivity contribution in [2.75, 3.05) is 6.54 Å². The molecule has 15 heavy (non-hydrogen) atoms. The van der Waals surface area contributed by atoms with E-state index in [0.29, 0.717) is 12.0 Å². The highest BCUT2D eigenvalue weighted by Gasteiger charge is 2.30. The van der Waals surface area contributed by atoms with Gasteiger partial charge in [0.2, 0.25) is 0 Å². The van der Waals surface area contributed by atoms with Gasteiger partial charge in [-0.25, -0.2) is 9.67 Å². The van der Waals surface area contributed by atoms with Gasteiger partial charge in [0.05, 0.1) is 0 Å². The lowest BCUT2D eigenvalue weighted by atomic mass is 9.72. The molecule has 2 atom stereocenters. The summed E-state index contributed by atoms with van der Waals surface area (Å²) in [4.78, 5) is 4.34. The maximum absolute atomic E-state index is 5.71. The Morgan fingerprint density at radius 3 is 2.73 bits per heavy atom. The zero-order valence-corrected chi connectivity index (χ0v) is 9.56. The molecule has 0 amide bonds. The lowest BCUT2D eigenvalue weighted by Crippen LogP contribution is -2.34. The Hall–Kier alpha value is -0.900. The molecule has 2 unspecified atom stereocenters. The Morgan fingerprint density at radius 1 is 1.47 bits per heavy atom. The van der Waals surface area contributed by atoms with E-state index in [4.69, 9.17) is 5.73 Å². The first-order valence-electron chi connectivity index (χ1n) is 5.80. The van der Waals surface area contributed by atoms with E-state index in [1.807, 2.05) is 4.68 Å². The molecule has 1 aromatic rings. The molecule has 1 saturated carbocycles. The first kappa shape index (κ1) is 10.6. The minimum atomic E-state index is 0.402. The van der Waals surface area contributed by atoms with Gasteiger partial charge in [-0.1, -0.05) is 0 Å². The second-order valence-electron chi connectivity index (χ2n) is 4.75. The molecule has 1 aliphatic rings. The van der Waals surface area contributed by atoms with Crippen LogP contribution in [0.5, 0.6) is 0 Å². The van der Waals surface area contributed by atoms with E-state index in [1.54, 1.807) is 6.33 Å². The molecule has 0 aromatic carbocycles. The minimum absolute atomic E-state index is 0.402. The summed E-state index contributed by atoms with van der Waals surface area (Å²) in [5.41, 5.74) is 5.71. The monoisotopic (exact) mass is 208 g/mol. The first-order chi connectivity index (χ1) is 7.22. The van der Waals surface area contributed by atoms with Crippen molar-refractivity contribution in [2.45, 2.75) is 39.2 Å². The highest BCUT2D eigenvalue weighted by Crippen LogP contribution is 2.35. The van der Waals surface area contributed by atoms with E-state index in [0.717, 1.165) is 24.7 Å². The summed E-state index contributed by atoms with van der Waals surface area (Å²) in [5.74, 6) is 2.56. The van der Waals surface area contributed by atoms with Gasteiger partial charge in [0.15, 0.2) is 0 Å². The van der Waals surface area contributed by atoms with Gasteiger partial charge in [-0.15, -0.1) is 0 Å². The van der Waals surface area contributed by atoms with Gasteiger partial charge in [-0.3, -0.25) is 0 Å². The van der Waals surface area contributed by atoms with Gasteiger partial charge < -0.3 is 5.73 Å². The van der Waals surface area contributed by atoms with Crippen LogP contribution in [-0.2, 0) is 6.42 Å². The number of hydrogen-bond acceptors (Lipinski definition) is 3. The second kappa shape index (κ2) is 4.31. The molecule has 0 saturated heterocycles. The molecule has 4 heteroatoms. The Bertz CT molecular complexity index is 316. The largest absolute Gasteiger partial charge is 0.330 e. The van der Waals surface area contributed by atoms with Crippen molar-refractivity contribution >= 4 is 0 Å². The summed E-state index contributed by atoms with van der Waals surface area (Å²) in [5, 5.41) is 4.25. The van der Waals surface area contributed by atoms with Gasteiger partial charge in [0.1, 0.15) is 12.2 Å². The number of nitrogens with zero attached hydrogens (tertiary/aromatic N) is 3. The van der Waals surface area contributed by atoms with Crippen molar-refractivity contribution in [3.8, 4) is 0 Å². The van der Waals surface area contributed by atoms with Crippen LogP contribution in [0, 0.1) is 11.8 Å². The maximum atomic E-state index is 5.71. The molecule has 2 N–H and O–H groups in total. The van der Waals surface area contributed by atoms with Crippen LogP contribution in [0.2, 0.25) is 0 Å². The van der Waals surface area contributed by atoms with E-state index >= 15 is 0 Å². The summed E-state index contributed by atoms with van der Waals surface area (Å²) in [6.45, 7) is 5.10. The van der Waals surface area contributed by atoms with Crippen molar-refractivity contribution in [1.29, 1.82) is 0 Å². The number of hydrogen-bond donors (Lipinski definition) is 1. The molecule has 4 nitrogen and oxygen atoms in total. The molecular weight excluding hydrogens is 188 g/mol. The molecule has 0 aliphatic heterocycles. The van der Waals surface area contributed by atoms with Crippen LogP contribution in [0.25, 0.3) is 0 Å². The third-order valence-corrected chi connectivity index (χ3v) is 3.46. The molecule has 1 aliphatic carbocycles. The Balaban J connectivity index is 2.01. The standard InChI is InChI=1S/C11H20N4/c1-8(2)15-11(13-7-14-15)5-9-3-4-10(9)6-12/h7-10H,3-6,12H2,1-2H3. The molecule has 1 aromatic heterocycles. The fourth-order valence-electron chi connectivity index (χ4n) is 2.30. The van der Waals surface area contributed by atoms with Crippen LogP contribution in [-0.4, -0.2) is 21.3 Å². The first-order valence-corrected chi connectivity index (χ1v) is 5.80. The van der Waals surface area contributed by atoms with Crippen molar-refractivity contribution in [1.82, 2.24) is 14.8 Å². The predicted octanol–water partition coefficient (Wildman–Crippen LogP) is 1.39. The minimum Gasteiger partial charge on any atom is -0.330 e. The molecule has 0 bridgehead atoms. The van der Waals surface area contributed by atoms with Gasteiger partial charge >= 0.3 is 0 Å². The van der Waals surface area contributed by atoms with Crippen LogP contribution in [0.3, 0.4) is 0 Å². The normalized spacial score (nSPS) is 25.6. The third kappa shape index (κ3) is 2.04. The fourth-order valence-corrected chi connectivity index (χ4v) is 2.30. The lowest BCUT2D eigenvalue weighted by Gasteiger charge is -2.35. The SMILES string of the molecule is CC(C)n1ncnc1CC1CCC1CN. The second-order valence-corrected chi connectivity index (χ2v) is 4.75. The van der Waals surface area contributed by atoms with E-state index < -0.39 is 0 Å². The topological polar surface area (TPSA) is 56.7 Å². The van der Waals surface area contributed by atoms with Crippen LogP contribution < -0.4 is 5.73 Å². The third-order valence-electron chi connectivity index (χ3n) is 3.46. The zero-order chi connectivity index (χ0) is 10.8. The maximum Gasteiger partial charge on any atom is 0.138 e. The molecule has 0 spiro atoms. The molecule has 84 valence electrons.